The second-order valence-corrected chi connectivity index (χ2v) is 5.18. The van der Waals surface area contributed by atoms with Crippen LogP contribution in [0.5, 0.6) is 11.5 Å². The minimum Gasteiger partial charge on any atom is -0.497 e. The average molecular weight is 309 g/mol. The molecule has 0 radical (unpaired) electrons. The summed E-state index contributed by atoms with van der Waals surface area (Å²) in [6, 6.07) is 5.08. The van der Waals surface area contributed by atoms with E-state index in [1.54, 1.807) is 30.0 Å². The lowest BCUT2D eigenvalue weighted by molar-refractivity contribution is 0.102. The minimum absolute atomic E-state index is 0.0213. The summed E-state index contributed by atoms with van der Waals surface area (Å²) in [7, 11) is 3.06. The predicted molar refractivity (Wildman–Crippen MR) is 80.6 cm³/mol. The van der Waals surface area contributed by atoms with Crippen LogP contribution >= 0.6 is 11.6 Å². The van der Waals surface area contributed by atoms with Gasteiger partial charge in [-0.2, -0.15) is 5.10 Å². The first-order valence-electron chi connectivity index (χ1n) is 6.49. The zero-order valence-electron chi connectivity index (χ0n) is 12.4. The van der Waals surface area contributed by atoms with Crippen LogP contribution in [0.2, 0.25) is 5.02 Å². The summed E-state index contributed by atoms with van der Waals surface area (Å²) >= 11 is 6.13. The summed E-state index contributed by atoms with van der Waals surface area (Å²) in [6.45, 7) is 3.87. The molecule has 1 aromatic heterocycles. The van der Waals surface area contributed by atoms with E-state index in [0.29, 0.717) is 27.8 Å². The van der Waals surface area contributed by atoms with Gasteiger partial charge in [0.15, 0.2) is 0 Å². The van der Waals surface area contributed by atoms with Gasteiger partial charge in [0.1, 0.15) is 17.2 Å². The van der Waals surface area contributed by atoms with Crippen molar-refractivity contribution in [3.63, 3.8) is 0 Å². The van der Waals surface area contributed by atoms with Gasteiger partial charge in [0, 0.05) is 6.04 Å². The molecule has 0 aliphatic carbocycles. The van der Waals surface area contributed by atoms with Crippen molar-refractivity contribution in [1.82, 2.24) is 9.78 Å². The topological polar surface area (TPSA) is 53.4 Å². The highest BCUT2D eigenvalue weighted by molar-refractivity contribution is 6.34. The Hall–Kier alpha value is -2.01. The van der Waals surface area contributed by atoms with Gasteiger partial charge in [-0.3, -0.25) is 9.48 Å². The van der Waals surface area contributed by atoms with Gasteiger partial charge in [-0.25, -0.2) is 0 Å². The van der Waals surface area contributed by atoms with Gasteiger partial charge in [-0.1, -0.05) is 11.6 Å². The summed E-state index contributed by atoms with van der Waals surface area (Å²) in [4.78, 5) is 12.8. The van der Waals surface area contributed by atoms with Crippen LogP contribution < -0.4 is 9.47 Å². The number of ketones is 1. The molecule has 0 unspecified atom stereocenters. The lowest BCUT2D eigenvalue weighted by atomic mass is 10.1. The van der Waals surface area contributed by atoms with Gasteiger partial charge in [0.2, 0.25) is 5.78 Å². The predicted octanol–water partition coefficient (Wildman–Crippen LogP) is 3.37. The molecule has 21 heavy (non-hydrogen) atoms. The van der Waals surface area contributed by atoms with E-state index in [0.717, 1.165) is 0 Å². The number of methoxy groups -OCH3 is 2. The van der Waals surface area contributed by atoms with Crippen LogP contribution in [0.3, 0.4) is 0 Å². The zero-order chi connectivity index (χ0) is 15.6. The van der Waals surface area contributed by atoms with E-state index >= 15 is 0 Å². The van der Waals surface area contributed by atoms with E-state index in [1.165, 1.54) is 13.3 Å². The molecule has 0 spiro atoms. The van der Waals surface area contributed by atoms with E-state index in [9.17, 15) is 4.79 Å². The van der Waals surface area contributed by atoms with Crippen molar-refractivity contribution in [2.24, 2.45) is 0 Å². The van der Waals surface area contributed by atoms with Crippen molar-refractivity contribution in [1.29, 1.82) is 0 Å². The van der Waals surface area contributed by atoms with Gasteiger partial charge in [0.25, 0.3) is 0 Å². The third-order valence-electron chi connectivity index (χ3n) is 3.11. The molecule has 0 atom stereocenters. The third kappa shape index (κ3) is 2.88. The molecule has 1 heterocycles. The maximum Gasteiger partial charge on any atom is 0.216 e. The van der Waals surface area contributed by atoms with E-state index in [4.69, 9.17) is 21.1 Å². The lowest BCUT2D eigenvalue weighted by Crippen LogP contribution is -2.14. The van der Waals surface area contributed by atoms with Crippen LogP contribution in [-0.4, -0.2) is 29.8 Å². The molecular weight excluding hydrogens is 292 g/mol. The van der Waals surface area contributed by atoms with Gasteiger partial charge < -0.3 is 9.47 Å². The molecule has 0 N–H and O–H groups in total. The van der Waals surface area contributed by atoms with Crippen molar-refractivity contribution in [3.8, 4) is 11.5 Å². The van der Waals surface area contributed by atoms with Crippen molar-refractivity contribution >= 4 is 17.4 Å². The lowest BCUT2D eigenvalue weighted by Gasteiger charge is -2.13. The fourth-order valence-electron chi connectivity index (χ4n) is 2.06. The van der Waals surface area contributed by atoms with Crippen LogP contribution in [0.25, 0.3) is 0 Å². The van der Waals surface area contributed by atoms with E-state index in [1.807, 2.05) is 13.8 Å². The molecular formula is C15H17ClN2O3. The number of hydrogen-bond donors (Lipinski definition) is 0. The molecule has 0 aliphatic rings. The van der Waals surface area contributed by atoms with E-state index < -0.39 is 0 Å². The number of benzene rings is 1. The van der Waals surface area contributed by atoms with Gasteiger partial charge in [-0.15, -0.1) is 0 Å². The molecule has 0 amide bonds. The van der Waals surface area contributed by atoms with Crippen LogP contribution in [-0.2, 0) is 0 Å². The molecule has 112 valence electrons. The molecule has 0 saturated carbocycles. The van der Waals surface area contributed by atoms with Gasteiger partial charge >= 0.3 is 0 Å². The second-order valence-electron chi connectivity index (χ2n) is 4.77. The fraction of sp³-hybridized carbons (Fsp3) is 0.333. The quantitative estimate of drug-likeness (QED) is 0.795. The Morgan fingerprint density at radius 2 is 2.00 bits per heavy atom. The van der Waals surface area contributed by atoms with Gasteiger partial charge in [-0.05, 0) is 32.0 Å². The zero-order valence-corrected chi connectivity index (χ0v) is 13.1. The maximum absolute atomic E-state index is 12.8. The first kappa shape index (κ1) is 15.4. The molecule has 2 rings (SSSR count). The molecule has 2 aromatic rings. The SMILES string of the molecule is COc1ccc(OC)c(C(=O)c2c(Cl)cnn2C(C)C)c1. The second kappa shape index (κ2) is 6.18. The minimum atomic E-state index is -0.248. The molecule has 5 nitrogen and oxygen atoms in total. The number of nitrogens with zero attached hydrogens (tertiary/aromatic N) is 2. The van der Waals surface area contributed by atoms with Crippen LogP contribution in [0.4, 0.5) is 0 Å². The number of hydrogen-bond acceptors (Lipinski definition) is 4. The summed E-state index contributed by atoms with van der Waals surface area (Å²) in [6.07, 6.45) is 1.47. The Labute approximate surface area is 128 Å². The molecule has 0 bridgehead atoms. The Morgan fingerprint density at radius 1 is 1.29 bits per heavy atom. The number of ether oxygens (including phenoxy) is 2. The fourth-order valence-corrected chi connectivity index (χ4v) is 2.28. The van der Waals surface area contributed by atoms with Crippen molar-refractivity contribution in [2.75, 3.05) is 14.2 Å². The highest BCUT2D eigenvalue weighted by atomic mass is 35.5. The number of halogens is 1. The Bertz CT molecular complexity index is 665. The summed E-state index contributed by atoms with van der Waals surface area (Å²) < 4.78 is 12.0. The smallest absolute Gasteiger partial charge is 0.216 e. The first-order valence-corrected chi connectivity index (χ1v) is 6.87. The maximum atomic E-state index is 12.8. The van der Waals surface area contributed by atoms with Crippen molar-refractivity contribution < 1.29 is 14.3 Å². The number of carbonyl (C=O) groups excluding carboxylic acids is 1. The number of aromatic nitrogens is 2. The standard InChI is InChI=1S/C15H17ClN2O3/c1-9(2)18-14(12(16)8-17-18)15(19)11-7-10(20-3)5-6-13(11)21-4/h5-9H,1-4H3. The molecule has 0 fully saturated rings. The van der Waals surface area contributed by atoms with Crippen LogP contribution in [0.15, 0.2) is 24.4 Å². The Balaban J connectivity index is 2.57. The summed E-state index contributed by atoms with van der Waals surface area (Å²) in [5.41, 5.74) is 0.736. The molecule has 0 saturated heterocycles. The highest BCUT2D eigenvalue weighted by Crippen LogP contribution is 2.29. The van der Waals surface area contributed by atoms with Crippen molar-refractivity contribution in [2.45, 2.75) is 19.9 Å². The number of carbonyl (C=O) groups is 1. The number of rotatable bonds is 5. The summed E-state index contributed by atoms with van der Waals surface area (Å²) in [5, 5.41) is 4.47. The molecule has 6 heteroatoms. The van der Waals surface area contributed by atoms with Crippen LogP contribution in [0.1, 0.15) is 35.9 Å². The highest BCUT2D eigenvalue weighted by Gasteiger charge is 2.23. The van der Waals surface area contributed by atoms with E-state index in [2.05, 4.69) is 5.10 Å². The molecule has 0 aliphatic heterocycles. The molecule has 1 aromatic carbocycles. The van der Waals surface area contributed by atoms with Gasteiger partial charge in [0.05, 0.1) is 31.0 Å². The Kier molecular flexibility index (Phi) is 4.53. The normalized spacial score (nSPS) is 10.8. The Morgan fingerprint density at radius 3 is 2.57 bits per heavy atom. The largest absolute Gasteiger partial charge is 0.497 e. The third-order valence-corrected chi connectivity index (χ3v) is 3.38. The van der Waals surface area contributed by atoms with Crippen LogP contribution in [0, 0.1) is 0 Å². The summed E-state index contributed by atoms with van der Waals surface area (Å²) in [5.74, 6) is 0.793. The monoisotopic (exact) mass is 308 g/mol. The average Bonchev–Trinajstić information content (AvgIpc) is 2.87. The van der Waals surface area contributed by atoms with E-state index in [-0.39, 0.29) is 11.8 Å². The first-order chi connectivity index (χ1) is 9.99. The van der Waals surface area contributed by atoms with Crippen molar-refractivity contribution in [3.05, 3.63) is 40.7 Å².